The van der Waals surface area contributed by atoms with Gasteiger partial charge in [0.05, 0.1) is 12.6 Å². The molecule has 1 aliphatic carbocycles. The van der Waals surface area contributed by atoms with Crippen molar-refractivity contribution in [2.24, 2.45) is 5.92 Å². The van der Waals surface area contributed by atoms with E-state index in [2.05, 4.69) is 5.32 Å². The number of aliphatic hydroxyl groups excluding tert-OH is 1. The zero-order valence-electron chi connectivity index (χ0n) is 13.9. The molecule has 23 heavy (non-hydrogen) atoms. The van der Waals surface area contributed by atoms with Crippen LogP contribution in [-0.2, 0) is 4.79 Å². The van der Waals surface area contributed by atoms with Gasteiger partial charge >= 0.3 is 0 Å². The minimum absolute atomic E-state index is 0.0213. The minimum Gasteiger partial charge on any atom is -0.393 e. The fourth-order valence-electron chi connectivity index (χ4n) is 3.07. The second-order valence-corrected chi connectivity index (χ2v) is 6.38. The molecule has 2 N–H and O–H groups in total. The van der Waals surface area contributed by atoms with Crippen molar-refractivity contribution in [2.45, 2.75) is 38.7 Å². The summed E-state index contributed by atoms with van der Waals surface area (Å²) < 4.78 is 0. The monoisotopic (exact) mass is 318 g/mol. The van der Waals surface area contributed by atoms with Crippen LogP contribution < -0.4 is 5.32 Å². The number of aryl methyl sites for hydroxylation is 1. The Morgan fingerprint density at radius 3 is 2.65 bits per heavy atom. The lowest BCUT2D eigenvalue weighted by Crippen LogP contribution is -2.42. The van der Waals surface area contributed by atoms with Gasteiger partial charge in [-0.3, -0.25) is 9.59 Å². The third-order valence-corrected chi connectivity index (χ3v) is 4.59. The lowest BCUT2D eigenvalue weighted by molar-refractivity contribution is -0.130. The molecule has 0 aliphatic heterocycles. The second-order valence-electron chi connectivity index (χ2n) is 6.38. The molecule has 0 heterocycles. The van der Waals surface area contributed by atoms with Gasteiger partial charge in [-0.25, -0.2) is 0 Å². The van der Waals surface area contributed by atoms with E-state index in [1.165, 1.54) is 0 Å². The number of carbonyl (C=O) groups excluding carboxylic acids is 2. The van der Waals surface area contributed by atoms with Crippen LogP contribution in [0.4, 0.5) is 0 Å². The van der Waals surface area contributed by atoms with Gasteiger partial charge in [-0.2, -0.15) is 0 Å². The number of nitrogens with zero attached hydrogens (tertiary/aromatic N) is 1. The molecule has 1 aliphatic rings. The van der Waals surface area contributed by atoms with E-state index in [1.807, 2.05) is 19.1 Å². The largest absolute Gasteiger partial charge is 0.393 e. The zero-order valence-corrected chi connectivity index (χ0v) is 13.9. The van der Waals surface area contributed by atoms with Gasteiger partial charge < -0.3 is 15.3 Å². The van der Waals surface area contributed by atoms with Crippen molar-refractivity contribution >= 4 is 11.8 Å². The standard InChI is InChI=1S/C18H26N2O3/c1-13-7-3-5-9-15(13)18(23)19-11-17(22)20(2)12-14-8-4-6-10-16(14)21/h3,5,7,9,14,16,21H,4,6,8,10-12H2,1-2H3,(H,19,23). The van der Waals surface area contributed by atoms with Crippen molar-refractivity contribution in [1.82, 2.24) is 10.2 Å². The summed E-state index contributed by atoms with van der Waals surface area (Å²) in [5, 5.41) is 12.7. The summed E-state index contributed by atoms with van der Waals surface area (Å²) in [6.45, 7) is 2.39. The highest BCUT2D eigenvalue weighted by molar-refractivity contribution is 5.97. The average molecular weight is 318 g/mol. The first-order chi connectivity index (χ1) is 11.0. The van der Waals surface area contributed by atoms with Crippen LogP contribution in [0.25, 0.3) is 0 Å². The molecule has 0 radical (unpaired) electrons. The topological polar surface area (TPSA) is 69.6 Å². The summed E-state index contributed by atoms with van der Waals surface area (Å²) in [6.07, 6.45) is 3.61. The summed E-state index contributed by atoms with van der Waals surface area (Å²) in [5.41, 5.74) is 1.47. The third kappa shape index (κ3) is 4.79. The first-order valence-corrected chi connectivity index (χ1v) is 8.25. The van der Waals surface area contributed by atoms with Crippen molar-refractivity contribution < 1.29 is 14.7 Å². The third-order valence-electron chi connectivity index (χ3n) is 4.59. The molecule has 5 heteroatoms. The van der Waals surface area contributed by atoms with Gasteiger partial charge in [0, 0.05) is 25.1 Å². The Balaban J connectivity index is 1.82. The number of likely N-dealkylation sites (N-methyl/N-ethyl adjacent to an activating group) is 1. The molecule has 2 amide bonds. The van der Waals surface area contributed by atoms with Crippen LogP contribution in [0.15, 0.2) is 24.3 Å². The molecule has 2 rings (SSSR count). The van der Waals surface area contributed by atoms with E-state index in [0.29, 0.717) is 12.1 Å². The highest BCUT2D eigenvalue weighted by Gasteiger charge is 2.25. The highest BCUT2D eigenvalue weighted by Crippen LogP contribution is 2.24. The molecule has 0 bridgehead atoms. The van der Waals surface area contributed by atoms with Crippen LogP contribution >= 0.6 is 0 Å². The Morgan fingerprint density at radius 2 is 1.96 bits per heavy atom. The first-order valence-electron chi connectivity index (χ1n) is 8.25. The van der Waals surface area contributed by atoms with Crippen LogP contribution in [0, 0.1) is 12.8 Å². The predicted molar refractivity (Wildman–Crippen MR) is 89.1 cm³/mol. The number of rotatable bonds is 5. The van der Waals surface area contributed by atoms with Crippen molar-refractivity contribution in [1.29, 1.82) is 0 Å². The highest BCUT2D eigenvalue weighted by atomic mass is 16.3. The fourth-order valence-corrected chi connectivity index (χ4v) is 3.07. The van der Waals surface area contributed by atoms with Gasteiger partial charge in [0.2, 0.25) is 5.91 Å². The zero-order chi connectivity index (χ0) is 16.8. The van der Waals surface area contributed by atoms with E-state index < -0.39 is 0 Å². The number of hydrogen-bond acceptors (Lipinski definition) is 3. The first kappa shape index (κ1) is 17.5. The molecular formula is C18H26N2O3. The van der Waals surface area contributed by atoms with Crippen LogP contribution in [-0.4, -0.2) is 48.1 Å². The van der Waals surface area contributed by atoms with E-state index in [9.17, 15) is 14.7 Å². The average Bonchev–Trinajstić information content (AvgIpc) is 2.54. The predicted octanol–water partition coefficient (Wildman–Crippen LogP) is 1.73. The molecule has 126 valence electrons. The number of aliphatic hydroxyl groups is 1. The summed E-state index contributed by atoms with van der Waals surface area (Å²) in [6, 6.07) is 7.30. The molecule has 0 aromatic heterocycles. The summed E-state index contributed by atoms with van der Waals surface area (Å²) in [5.74, 6) is -0.225. The van der Waals surface area contributed by atoms with Gasteiger partial charge in [0.25, 0.3) is 5.91 Å². The molecule has 1 saturated carbocycles. The molecular weight excluding hydrogens is 292 g/mol. The number of carbonyl (C=O) groups is 2. The Kier molecular flexibility index (Phi) is 6.16. The minimum atomic E-state index is -0.319. The van der Waals surface area contributed by atoms with E-state index >= 15 is 0 Å². The quantitative estimate of drug-likeness (QED) is 0.869. The van der Waals surface area contributed by atoms with Crippen LogP contribution in [0.3, 0.4) is 0 Å². The summed E-state index contributed by atoms with van der Waals surface area (Å²) in [4.78, 5) is 25.9. The Morgan fingerprint density at radius 1 is 1.26 bits per heavy atom. The fraction of sp³-hybridized carbons (Fsp3) is 0.556. The maximum absolute atomic E-state index is 12.2. The van der Waals surface area contributed by atoms with Gasteiger partial charge in [-0.1, -0.05) is 31.0 Å². The molecule has 0 spiro atoms. The Hall–Kier alpha value is -1.88. The van der Waals surface area contributed by atoms with Gasteiger partial charge in [0.15, 0.2) is 0 Å². The van der Waals surface area contributed by atoms with Crippen LogP contribution in [0.2, 0.25) is 0 Å². The molecule has 1 fully saturated rings. The number of nitrogens with one attached hydrogen (secondary N) is 1. The van der Waals surface area contributed by atoms with Crippen molar-refractivity contribution in [3.8, 4) is 0 Å². The molecule has 0 saturated heterocycles. The van der Waals surface area contributed by atoms with Gasteiger partial charge in [-0.15, -0.1) is 0 Å². The maximum Gasteiger partial charge on any atom is 0.251 e. The lowest BCUT2D eigenvalue weighted by atomic mass is 9.86. The number of benzene rings is 1. The van der Waals surface area contributed by atoms with Crippen molar-refractivity contribution in [3.05, 3.63) is 35.4 Å². The van der Waals surface area contributed by atoms with E-state index in [-0.39, 0.29) is 30.4 Å². The van der Waals surface area contributed by atoms with E-state index in [4.69, 9.17) is 0 Å². The molecule has 2 atom stereocenters. The van der Waals surface area contributed by atoms with Gasteiger partial charge in [0.1, 0.15) is 0 Å². The van der Waals surface area contributed by atoms with E-state index in [1.54, 1.807) is 24.1 Å². The van der Waals surface area contributed by atoms with E-state index in [0.717, 1.165) is 31.2 Å². The Bertz CT molecular complexity index is 559. The van der Waals surface area contributed by atoms with Gasteiger partial charge in [-0.05, 0) is 31.4 Å². The van der Waals surface area contributed by atoms with Crippen molar-refractivity contribution in [3.63, 3.8) is 0 Å². The van der Waals surface area contributed by atoms with Crippen LogP contribution in [0.1, 0.15) is 41.6 Å². The smallest absolute Gasteiger partial charge is 0.251 e. The molecule has 2 unspecified atom stereocenters. The van der Waals surface area contributed by atoms with Crippen LogP contribution in [0.5, 0.6) is 0 Å². The summed E-state index contributed by atoms with van der Waals surface area (Å²) >= 11 is 0. The Labute approximate surface area is 137 Å². The summed E-state index contributed by atoms with van der Waals surface area (Å²) in [7, 11) is 1.73. The molecule has 5 nitrogen and oxygen atoms in total. The van der Waals surface area contributed by atoms with Crippen molar-refractivity contribution in [2.75, 3.05) is 20.1 Å². The number of hydrogen-bond donors (Lipinski definition) is 2. The SMILES string of the molecule is Cc1ccccc1C(=O)NCC(=O)N(C)CC1CCCCC1O. The number of amides is 2. The lowest BCUT2D eigenvalue weighted by Gasteiger charge is -2.31. The molecule has 1 aromatic carbocycles. The maximum atomic E-state index is 12.2. The normalized spacial score (nSPS) is 20.8. The molecule has 1 aromatic rings. The second kappa shape index (κ2) is 8.11.